The topological polar surface area (TPSA) is 32.8 Å². The maximum Gasteiger partial charge on any atom is 0.425 e. The summed E-state index contributed by atoms with van der Waals surface area (Å²) in [5.74, 6) is -0.772. The first-order valence-corrected chi connectivity index (χ1v) is 9.42. The zero-order chi connectivity index (χ0) is 21.9. The molecule has 2 aromatic rings. The van der Waals surface area contributed by atoms with Crippen molar-refractivity contribution in [2.75, 3.05) is 26.2 Å². The molecule has 4 nitrogen and oxygen atoms in total. The maximum atomic E-state index is 13.4. The normalized spacial score (nSPS) is 16.6. The first-order valence-electron chi connectivity index (χ1n) is 9.42. The van der Waals surface area contributed by atoms with Crippen LogP contribution in [0.15, 0.2) is 48.5 Å². The molecule has 1 aliphatic heterocycles. The number of hydrogen-bond acceptors (Lipinski definition) is 3. The van der Waals surface area contributed by atoms with Crippen LogP contribution in [0.1, 0.15) is 24.1 Å². The molecular weight excluding hydrogens is 407 g/mol. The largest absolute Gasteiger partial charge is 0.437 e. The standard InChI is InChI=1S/C21H21F5N2O2/c1-14(21(24,25)26)30-20(29)28-12-10-27(11-13-28)19(15-2-6-17(22)7-3-15)16-4-8-18(23)9-5-16/h2-9,14,19H,10-13H2,1H3. The Morgan fingerprint density at radius 2 is 1.30 bits per heavy atom. The molecular formula is C21H21F5N2O2. The van der Waals surface area contributed by atoms with Crippen LogP contribution in [-0.2, 0) is 4.74 Å². The van der Waals surface area contributed by atoms with Crippen LogP contribution < -0.4 is 0 Å². The fourth-order valence-corrected chi connectivity index (χ4v) is 3.36. The fraction of sp³-hybridized carbons (Fsp3) is 0.381. The molecule has 0 radical (unpaired) electrons. The van der Waals surface area contributed by atoms with Crippen molar-refractivity contribution in [2.45, 2.75) is 25.2 Å². The van der Waals surface area contributed by atoms with E-state index in [4.69, 9.17) is 0 Å². The van der Waals surface area contributed by atoms with E-state index in [0.717, 1.165) is 18.1 Å². The summed E-state index contributed by atoms with van der Waals surface area (Å²) < 4.78 is 69.1. The van der Waals surface area contributed by atoms with E-state index in [1.807, 2.05) is 4.90 Å². The van der Waals surface area contributed by atoms with Crippen molar-refractivity contribution >= 4 is 6.09 Å². The molecule has 1 amide bonds. The Morgan fingerprint density at radius 3 is 1.70 bits per heavy atom. The first kappa shape index (κ1) is 22.0. The number of hydrogen-bond donors (Lipinski definition) is 0. The minimum atomic E-state index is -4.62. The second kappa shape index (κ2) is 8.99. The van der Waals surface area contributed by atoms with Gasteiger partial charge in [0.25, 0.3) is 0 Å². The smallest absolute Gasteiger partial charge is 0.425 e. The second-order valence-corrected chi connectivity index (χ2v) is 7.10. The molecule has 0 N–H and O–H groups in total. The van der Waals surface area contributed by atoms with Crippen molar-refractivity contribution in [3.05, 3.63) is 71.3 Å². The number of piperazine rings is 1. The lowest BCUT2D eigenvalue weighted by molar-refractivity contribution is -0.200. The number of ether oxygens (including phenoxy) is 1. The van der Waals surface area contributed by atoms with E-state index in [0.29, 0.717) is 13.1 Å². The number of nitrogens with zero attached hydrogens (tertiary/aromatic N) is 2. The third kappa shape index (κ3) is 5.27. The van der Waals surface area contributed by atoms with Gasteiger partial charge in [-0.2, -0.15) is 13.2 Å². The van der Waals surface area contributed by atoms with Gasteiger partial charge in [0, 0.05) is 26.2 Å². The van der Waals surface area contributed by atoms with Crippen molar-refractivity contribution in [2.24, 2.45) is 0 Å². The summed E-state index contributed by atoms with van der Waals surface area (Å²) >= 11 is 0. The van der Waals surface area contributed by atoms with E-state index in [-0.39, 0.29) is 30.8 Å². The van der Waals surface area contributed by atoms with Crippen LogP contribution in [0, 0.1) is 11.6 Å². The molecule has 1 heterocycles. The molecule has 2 aromatic carbocycles. The lowest BCUT2D eigenvalue weighted by atomic mass is 9.96. The van der Waals surface area contributed by atoms with E-state index in [1.165, 1.54) is 29.2 Å². The predicted octanol–water partition coefficient (Wildman–Crippen LogP) is 4.76. The number of alkyl halides is 3. The average Bonchev–Trinajstić information content (AvgIpc) is 2.71. The quantitative estimate of drug-likeness (QED) is 0.659. The number of halogens is 5. The molecule has 0 aliphatic carbocycles. The van der Waals surface area contributed by atoms with E-state index in [9.17, 15) is 26.7 Å². The predicted molar refractivity (Wildman–Crippen MR) is 99.8 cm³/mol. The summed E-state index contributed by atoms with van der Waals surface area (Å²) in [6, 6.07) is 11.5. The Morgan fingerprint density at radius 1 is 0.867 bits per heavy atom. The molecule has 162 valence electrons. The van der Waals surface area contributed by atoms with Gasteiger partial charge in [-0.1, -0.05) is 24.3 Å². The summed E-state index contributed by atoms with van der Waals surface area (Å²) in [6.45, 7) is 1.84. The summed E-state index contributed by atoms with van der Waals surface area (Å²) in [4.78, 5) is 15.3. The molecule has 0 spiro atoms. The van der Waals surface area contributed by atoms with Gasteiger partial charge in [-0.3, -0.25) is 4.90 Å². The number of carbonyl (C=O) groups excluding carboxylic acids is 1. The Balaban J connectivity index is 1.73. The van der Waals surface area contributed by atoms with Gasteiger partial charge >= 0.3 is 12.3 Å². The molecule has 0 saturated carbocycles. The van der Waals surface area contributed by atoms with E-state index in [2.05, 4.69) is 4.74 Å². The molecule has 0 bridgehead atoms. The average molecular weight is 428 g/mol. The highest BCUT2D eigenvalue weighted by Gasteiger charge is 2.40. The van der Waals surface area contributed by atoms with Crippen LogP contribution in [0.4, 0.5) is 26.7 Å². The van der Waals surface area contributed by atoms with Crippen molar-refractivity contribution in [3.8, 4) is 0 Å². The maximum absolute atomic E-state index is 13.4. The van der Waals surface area contributed by atoms with Crippen molar-refractivity contribution < 1.29 is 31.5 Å². The zero-order valence-electron chi connectivity index (χ0n) is 16.2. The molecule has 1 aliphatic rings. The lowest BCUT2D eigenvalue weighted by Crippen LogP contribution is -2.51. The van der Waals surface area contributed by atoms with Crippen LogP contribution in [-0.4, -0.2) is 54.4 Å². The van der Waals surface area contributed by atoms with Crippen LogP contribution >= 0.6 is 0 Å². The molecule has 9 heteroatoms. The number of carbonyl (C=O) groups is 1. The molecule has 1 saturated heterocycles. The Hall–Kier alpha value is -2.68. The summed E-state index contributed by atoms with van der Waals surface area (Å²) in [7, 11) is 0. The van der Waals surface area contributed by atoms with Gasteiger partial charge in [-0.25, -0.2) is 13.6 Å². The summed E-state index contributed by atoms with van der Waals surface area (Å²) in [5.41, 5.74) is 1.56. The molecule has 30 heavy (non-hydrogen) atoms. The minimum Gasteiger partial charge on any atom is -0.437 e. The van der Waals surface area contributed by atoms with Crippen molar-refractivity contribution in [1.82, 2.24) is 9.80 Å². The zero-order valence-corrected chi connectivity index (χ0v) is 16.2. The fourth-order valence-electron chi connectivity index (χ4n) is 3.36. The molecule has 1 unspecified atom stereocenters. The van der Waals surface area contributed by atoms with E-state index < -0.39 is 18.4 Å². The van der Waals surface area contributed by atoms with Gasteiger partial charge in [0.15, 0.2) is 6.10 Å². The first-order chi connectivity index (χ1) is 14.1. The van der Waals surface area contributed by atoms with Gasteiger partial charge in [0.2, 0.25) is 0 Å². The minimum absolute atomic E-state index is 0.169. The van der Waals surface area contributed by atoms with Gasteiger partial charge in [0.05, 0.1) is 6.04 Å². The van der Waals surface area contributed by atoms with Gasteiger partial charge in [0.1, 0.15) is 11.6 Å². The number of amides is 1. The highest BCUT2D eigenvalue weighted by atomic mass is 19.4. The van der Waals surface area contributed by atoms with Crippen molar-refractivity contribution in [3.63, 3.8) is 0 Å². The molecule has 1 fully saturated rings. The van der Waals surface area contributed by atoms with Crippen LogP contribution in [0.3, 0.4) is 0 Å². The van der Waals surface area contributed by atoms with Gasteiger partial charge in [-0.05, 0) is 42.3 Å². The third-order valence-corrected chi connectivity index (χ3v) is 5.05. The number of rotatable bonds is 4. The van der Waals surface area contributed by atoms with Gasteiger partial charge < -0.3 is 9.64 Å². The molecule has 0 aromatic heterocycles. The SMILES string of the molecule is CC(OC(=O)N1CCN(C(c2ccc(F)cc2)c2ccc(F)cc2)CC1)C(F)(F)F. The molecule has 3 rings (SSSR count). The highest BCUT2D eigenvalue weighted by molar-refractivity contribution is 5.68. The van der Waals surface area contributed by atoms with Crippen LogP contribution in [0.25, 0.3) is 0 Å². The van der Waals surface area contributed by atoms with E-state index >= 15 is 0 Å². The van der Waals surface area contributed by atoms with Crippen LogP contribution in [0.2, 0.25) is 0 Å². The van der Waals surface area contributed by atoms with E-state index in [1.54, 1.807) is 24.3 Å². The highest BCUT2D eigenvalue weighted by Crippen LogP contribution is 2.30. The second-order valence-electron chi connectivity index (χ2n) is 7.10. The monoisotopic (exact) mass is 428 g/mol. The summed E-state index contributed by atoms with van der Waals surface area (Å²) in [6.07, 6.45) is -7.82. The molecule has 1 atom stereocenters. The Bertz CT molecular complexity index is 802. The van der Waals surface area contributed by atoms with Crippen molar-refractivity contribution in [1.29, 1.82) is 0 Å². The van der Waals surface area contributed by atoms with Crippen LogP contribution in [0.5, 0.6) is 0 Å². The van der Waals surface area contributed by atoms with Gasteiger partial charge in [-0.15, -0.1) is 0 Å². The number of benzene rings is 2. The Labute approximate surface area is 170 Å². The Kier molecular flexibility index (Phi) is 6.60. The third-order valence-electron chi connectivity index (χ3n) is 5.05. The lowest BCUT2D eigenvalue weighted by Gasteiger charge is -2.39. The summed E-state index contributed by atoms with van der Waals surface area (Å²) in [5, 5.41) is 0.